The number of anilines is 1. The Morgan fingerprint density at radius 3 is 2.85 bits per heavy atom. The highest BCUT2D eigenvalue weighted by molar-refractivity contribution is 7.20. The Labute approximate surface area is 160 Å². The number of imidazole rings is 1. The number of ether oxygens (including phenoxy) is 1. The first kappa shape index (κ1) is 18.1. The maximum atomic E-state index is 13.5. The molecule has 7 nitrogen and oxygen atoms in total. The van der Waals surface area contributed by atoms with Crippen LogP contribution in [0.15, 0.2) is 24.4 Å². The number of hydrogen-bond donors (Lipinski definition) is 2. The molecule has 1 aromatic carbocycles. The molecule has 4 rings (SSSR count). The Morgan fingerprint density at radius 2 is 2.19 bits per heavy atom. The Kier molecular flexibility index (Phi) is 4.13. The number of aromatic nitrogens is 3. The van der Waals surface area contributed by atoms with E-state index in [2.05, 4.69) is 15.0 Å². The minimum absolute atomic E-state index is 0.363. The Bertz CT molecular complexity index is 995. The van der Waals surface area contributed by atoms with Crippen LogP contribution in [0.5, 0.6) is 5.75 Å². The monoisotopic (exact) mass is 391 g/mol. The lowest BCUT2D eigenvalue weighted by molar-refractivity contribution is 0.00734. The van der Waals surface area contributed by atoms with Crippen molar-refractivity contribution in [3.8, 4) is 17.0 Å². The third kappa shape index (κ3) is 2.95. The molecule has 0 amide bonds. The molecule has 1 atom stereocenters. The van der Waals surface area contributed by atoms with Gasteiger partial charge < -0.3 is 20.5 Å². The van der Waals surface area contributed by atoms with Gasteiger partial charge >= 0.3 is 0 Å². The molecule has 3 aromatic rings. The Balaban J connectivity index is 1.70. The lowest BCUT2D eigenvalue weighted by Crippen LogP contribution is -2.59. The fourth-order valence-corrected chi connectivity index (χ4v) is 4.27. The van der Waals surface area contributed by atoms with Gasteiger partial charge in [-0.15, -0.1) is 5.10 Å². The number of rotatable bonds is 4. The quantitative estimate of drug-likeness (QED) is 0.709. The molecule has 1 aliphatic rings. The summed E-state index contributed by atoms with van der Waals surface area (Å²) in [6.45, 7) is 4.71. The molecule has 0 bridgehead atoms. The smallest absolute Gasteiger partial charge is 0.214 e. The third-order valence-corrected chi connectivity index (χ3v) is 6.29. The molecule has 9 heteroatoms. The van der Waals surface area contributed by atoms with Gasteiger partial charge in [-0.3, -0.25) is 0 Å². The Morgan fingerprint density at radius 1 is 1.41 bits per heavy atom. The van der Waals surface area contributed by atoms with E-state index in [0.717, 1.165) is 15.8 Å². The van der Waals surface area contributed by atoms with Gasteiger partial charge in [0.1, 0.15) is 11.6 Å². The van der Waals surface area contributed by atoms with E-state index in [1.165, 1.54) is 30.6 Å². The SMILES string of the molecule is COc1cc(F)ccc1-c1cnc2sc(N3CCC(N)(C(C)(C)O)C3)nn12. The van der Waals surface area contributed by atoms with Crippen molar-refractivity contribution in [2.24, 2.45) is 5.73 Å². The summed E-state index contributed by atoms with van der Waals surface area (Å²) in [4.78, 5) is 7.23. The van der Waals surface area contributed by atoms with E-state index >= 15 is 0 Å². The summed E-state index contributed by atoms with van der Waals surface area (Å²) in [5.41, 5.74) is 6.19. The van der Waals surface area contributed by atoms with E-state index in [9.17, 15) is 9.50 Å². The molecular weight excluding hydrogens is 369 g/mol. The van der Waals surface area contributed by atoms with Crippen LogP contribution in [0.2, 0.25) is 0 Å². The number of benzene rings is 1. The van der Waals surface area contributed by atoms with Gasteiger partial charge in [0, 0.05) is 24.7 Å². The third-order valence-electron chi connectivity index (χ3n) is 5.30. The molecule has 1 aliphatic heterocycles. The maximum absolute atomic E-state index is 13.5. The lowest BCUT2D eigenvalue weighted by Gasteiger charge is -2.36. The molecule has 0 saturated carbocycles. The highest BCUT2D eigenvalue weighted by atomic mass is 32.1. The van der Waals surface area contributed by atoms with Crippen LogP contribution in [0.25, 0.3) is 16.2 Å². The van der Waals surface area contributed by atoms with Gasteiger partial charge in [0.15, 0.2) is 0 Å². The average Bonchev–Trinajstić information content (AvgIpc) is 3.28. The molecule has 0 aliphatic carbocycles. The van der Waals surface area contributed by atoms with E-state index < -0.39 is 11.1 Å². The summed E-state index contributed by atoms with van der Waals surface area (Å²) in [6, 6.07) is 4.39. The van der Waals surface area contributed by atoms with Gasteiger partial charge in [0.2, 0.25) is 10.1 Å². The van der Waals surface area contributed by atoms with Crippen molar-refractivity contribution < 1.29 is 14.2 Å². The van der Waals surface area contributed by atoms with E-state index in [4.69, 9.17) is 10.5 Å². The Hall–Kier alpha value is -2.23. The van der Waals surface area contributed by atoms with Crippen LogP contribution < -0.4 is 15.4 Å². The van der Waals surface area contributed by atoms with Crippen molar-refractivity contribution in [1.29, 1.82) is 0 Å². The highest BCUT2D eigenvalue weighted by Gasteiger charge is 2.46. The van der Waals surface area contributed by atoms with E-state index in [1.807, 2.05) is 0 Å². The molecule has 27 heavy (non-hydrogen) atoms. The molecule has 0 radical (unpaired) electrons. The summed E-state index contributed by atoms with van der Waals surface area (Å²) in [5, 5.41) is 15.9. The topological polar surface area (TPSA) is 88.9 Å². The van der Waals surface area contributed by atoms with E-state index in [-0.39, 0.29) is 5.82 Å². The van der Waals surface area contributed by atoms with Crippen LogP contribution in [-0.2, 0) is 0 Å². The molecule has 1 fully saturated rings. The predicted octanol–water partition coefficient (Wildman–Crippen LogP) is 2.28. The van der Waals surface area contributed by atoms with Crippen molar-refractivity contribution in [3.63, 3.8) is 0 Å². The number of nitrogens with zero attached hydrogens (tertiary/aromatic N) is 4. The van der Waals surface area contributed by atoms with Gasteiger partial charge in [0.25, 0.3) is 0 Å². The van der Waals surface area contributed by atoms with Crippen molar-refractivity contribution in [2.75, 3.05) is 25.1 Å². The second kappa shape index (κ2) is 6.15. The van der Waals surface area contributed by atoms with Crippen molar-refractivity contribution in [3.05, 3.63) is 30.2 Å². The van der Waals surface area contributed by atoms with Crippen LogP contribution in [0, 0.1) is 5.82 Å². The zero-order valence-corrected chi connectivity index (χ0v) is 16.3. The molecule has 1 saturated heterocycles. The standard InChI is InChI=1S/C18H22FN5O2S/c1-17(2,25)18(20)6-7-23(10-18)16-22-24-13(9-21-15(24)27-16)12-5-4-11(19)8-14(12)26-3/h4-5,8-9,25H,6-7,10,20H2,1-3H3. The molecule has 3 heterocycles. The summed E-state index contributed by atoms with van der Waals surface area (Å²) in [7, 11) is 1.50. The average molecular weight is 391 g/mol. The number of fused-ring (bicyclic) bond motifs is 1. The van der Waals surface area contributed by atoms with E-state index in [1.54, 1.807) is 30.6 Å². The summed E-state index contributed by atoms with van der Waals surface area (Å²) < 4.78 is 20.6. The number of methoxy groups -OCH3 is 1. The molecule has 1 unspecified atom stereocenters. The number of nitrogens with two attached hydrogens (primary N) is 1. The summed E-state index contributed by atoms with van der Waals surface area (Å²) in [6.07, 6.45) is 2.38. The van der Waals surface area contributed by atoms with Crippen LogP contribution in [-0.4, -0.2) is 51.0 Å². The van der Waals surface area contributed by atoms with Gasteiger partial charge in [-0.25, -0.2) is 13.9 Å². The van der Waals surface area contributed by atoms with Gasteiger partial charge in [-0.1, -0.05) is 11.3 Å². The maximum Gasteiger partial charge on any atom is 0.214 e. The molecule has 3 N–H and O–H groups in total. The zero-order chi connectivity index (χ0) is 19.4. The summed E-state index contributed by atoms with van der Waals surface area (Å²) in [5.74, 6) is 0.0637. The largest absolute Gasteiger partial charge is 0.496 e. The van der Waals surface area contributed by atoms with Crippen LogP contribution in [0.4, 0.5) is 9.52 Å². The van der Waals surface area contributed by atoms with Crippen molar-refractivity contribution >= 4 is 21.4 Å². The van der Waals surface area contributed by atoms with Crippen LogP contribution >= 0.6 is 11.3 Å². The number of aliphatic hydroxyl groups is 1. The fourth-order valence-electron chi connectivity index (χ4n) is 3.37. The highest BCUT2D eigenvalue weighted by Crippen LogP contribution is 2.37. The van der Waals surface area contributed by atoms with E-state index in [0.29, 0.717) is 30.8 Å². The minimum atomic E-state index is -0.980. The molecular formula is C18H22FN5O2S. The molecule has 0 spiro atoms. The summed E-state index contributed by atoms with van der Waals surface area (Å²) >= 11 is 1.45. The van der Waals surface area contributed by atoms with Crippen LogP contribution in [0.3, 0.4) is 0 Å². The first-order chi connectivity index (χ1) is 12.7. The second-order valence-corrected chi connectivity index (χ2v) is 8.39. The van der Waals surface area contributed by atoms with Gasteiger partial charge in [-0.05, 0) is 32.4 Å². The molecule has 144 valence electrons. The normalized spacial score (nSPS) is 20.6. The molecule has 2 aromatic heterocycles. The van der Waals surface area contributed by atoms with Gasteiger partial charge in [0.05, 0.1) is 30.1 Å². The lowest BCUT2D eigenvalue weighted by atomic mass is 9.82. The van der Waals surface area contributed by atoms with Gasteiger partial charge in [-0.2, -0.15) is 0 Å². The predicted molar refractivity (Wildman–Crippen MR) is 103 cm³/mol. The number of hydrogen-bond acceptors (Lipinski definition) is 7. The zero-order valence-electron chi connectivity index (χ0n) is 15.4. The number of halogens is 1. The second-order valence-electron chi connectivity index (χ2n) is 7.45. The first-order valence-electron chi connectivity index (χ1n) is 8.66. The van der Waals surface area contributed by atoms with Crippen LogP contribution in [0.1, 0.15) is 20.3 Å². The fraction of sp³-hybridized carbons (Fsp3) is 0.444. The van der Waals surface area contributed by atoms with Crippen molar-refractivity contribution in [1.82, 2.24) is 14.6 Å². The first-order valence-corrected chi connectivity index (χ1v) is 9.48. The van der Waals surface area contributed by atoms with Crippen molar-refractivity contribution in [2.45, 2.75) is 31.4 Å². The minimum Gasteiger partial charge on any atom is -0.496 e.